The van der Waals surface area contributed by atoms with Gasteiger partial charge in [-0.2, -0.15) is 0 Å². The van der Waals surface area contributed by atoms with E-state index < -0.39 is 0 Å². The molecule has 0 aliphatic carbocycles. The van der Waals surface area contributed by atoms with Gasteiger partial charge in [0.05, 0.1) is 20.2 Å². The highest BCUT2D eigenvalue weighted by atomic mass is 16.5. The molecule has 6 nitrogen and oxygen atoms in total. The average Bonchev–Trinajstić information content (AvgIpc) is 2.43. The number of rotatable bonds is 7. The lowest BCUT2D eigenvalue weighted by molar-refractivity contribution is -0.123. The first-order valence-corrected chi connectivity index (χ1v) is 6.45. The third kappa shape index (κ3) is 6.19. The summed E-state index contributed by atoms with van der Waals surface area (Å²) in [7, 11) is 1.58. The van der Waals surface area contributed by atoms with Crippen LogP contribution in [0, 0.1) is 0 Å². The van der Waals surface area contributed by atoms with Gasteiger partial charge in [-0.1, -0.05) is 13.8 Å². The molecule has 0 spiro atoms. The van der Waals surface area contributed by atoms with Crippen LogP contribution in [-0.4, -0.2) is 38.1 Å². The van der Waals surface area contributed by atoms with Gasteiger partial charge in [-0.3, -0.25) is 9.59 Å². The molecule has 1 rings (SSSR count). The summed E-state index contributed by atoms with van der Waals surface area (Å²) in [6, 6.07) is 7.20. The molecule has 0 aliphatic rings. The smallest absolute Gasteiger partial charge is 0.243 e. The normalized spacial score (nSPS) is 10.2. The molecule has 0 unspecified atom stereocenters. The fourth-order valence-electron chi connectivity index (χ4n) is 1.42. The predicted octanol–water partition coefficient (Wildman–Crippen LogP) is 0.748. The van der Waals surface area contributed by atoms with Gasteiger partial charge in [-0.25, -0.2) is 0 Å². The molecule has 6 heteroatoms. The van der Waals surface area contributed by atoms with Crippen molar-refractivity contribution in [3.05, 3.63) is 24.3 Å². The van der Waals surface area contributed by atoms with Crippen molar-refractivity contribution in [3.63, 3.8) is 0 Å². The van der Waals surface area contributed by atoms with E-state index in [0.717, 1.165) is 5.75 Å². The Hall–Kier alpha value is -2.08. The van der Waals surface area contributed by atoms with Gasteiger partial charge >= 0.3 is 0 Å². The van der Waals surface area contributed by atoms with Crippen molar-refractivity contribution >= 4 is 17.5 Å². The molecule has 0 aliphatic heterocycles. The number of benzene rings is 1. The molecule has 0 aromatic heterocycles. The molecule has 110 valence electrons. The monoisotopic (exact) mass is 279 g/mol. The van der Waals surface area contributed by atoms with E-state index in [1.165, 1.54) is 0 Å². The summed E-state index contributed by atoms with van der Waals surface area (Å²) >= 11 is 0. The molecule has 3 N–H and O–H groups in total. The van der Waals surface area contributed by atoms with Gasteiger partial charge in [0.25, 0.3) is 0 Å². The first kappa shape index (κ1) is 16.0. The van der Waals surface area contributed by atoms with Gasteiger partial charge in [-0.05, 0) is 24.3 Å². The first-order valence-electron chi connectivity index (χ1n) is 6.45. The first-order chi connectivity index (χ1) is 9.51. The molecule has 0 saturated heterocycles. The zero-order valence-electron chi connectivity index (χ0n) is 12.0. The Morgan fingerprint density at radius 3 is 2.30 bits per heavy atom. The van der Waals surface area contributed by atoms with E-state index in [0.29, 0.717) is 5.69 Å². The van der Waals surface area contributed by atoms with Crippen LogP contribution in [-0.2, 0) is 9.59 Å². The maximum Gasteiger partial charge on any atom is 0.243 e. The average molecular weight is 279 g/mol. The van der Waals surface area contributed by atoms with Gasteiger partial charge in [0.2, 0.25) is 11.8 Å². The molecule has 2 amide bonds. The molecule has 0 fully saturated rings. The molecule has 0 atom stereocenters. The number of ether oxygens (including phenoxy) is 1. The van der Waals surface area contributed by atoms with Crippen molar-refractivity contribution < 1.29 is 14.3 Å². The summed E-state index contributed by atoms with van der Waals surface area (Å²) in [5, 5.41) is 8.20. The van der Waals surface area contributed by atoms with Gasteiger partial charge in [0, 0.05) is 11.7 Å². The highest BCUT2D eigenvalue weighted by molar-refractivity contribution is 5.94. The number of methoxy groups -OCH3 is 1. The quantitative estimate of drug-likeness (QED) is 0.688. The summed E-state index contributed by atoms with van der Waals surface area (Å²) < 4.78 is 5.02. The zero-order chi connectivity index (χ0) is 15.0. The van der Waals surface area contributed by atoms with E-state index in [-0.39, 0.29) is 30.9 Å². The minimum absolute atomic E-state index is 0.0510. The Morgan fingerprint density at radius 2 is 1.75 bits per heavy atom. The van der Waals surface area contributed by atoms with Gasteiger partial charge in [-0.15, -0.1) is 0 Å². The molecule has 0 saturated carbocycles. The highest BCUT2D eigenvalue weighted by Crippen LogP contribution is 2.14. The number of hydrogen-bond donors (Lipinski definition) is 3. The fraction of sp³-hybridized carbons (Fsp3) is 0.429. The van der Waals surface area contributed by atoms with Crippen LogP contribution in [0.4, 0.5) is 5.69 Å². The molecular formula is C14H21N3O3. The lowest BCUT2D eigenvalue weighted by Gasteiger charge is -2.09. The summed E-state index contributed by atoms with van der Waals surface area (Å²) in [4.78, 5) is 23.0. The third-order valence-electron chi connectivity index (χ3n) is 2.49. The number of nitrogens with one attached hydrogen (secondary N) is 3. The highest BCUT2D eigenvalue weighted by Gasteiger charge is 2.06. The Kier molecular flexibility index (Phi) is 6.52. The zero-order valence-corrected chi connectivity index (χ0v) is 12.0. The van der Waals surface area contributed by atoms with Crippen LogP contribution >= 0.6 is 0 Å². The van der Waals surface area contributed by atoms with Crippen LogP contribution in [0.2, 0.25) is 0 Å². The standard InChI is InChI=1S/C14H21N3O3/c1-10(2)15-8-13(18)16-9-14(19)17-11-4-6-12(20-3)7-5-11/h4-7,10,15H,8-9H2,1-3H3,(H,16,18)(H,17,19). The Bertz CT molecular complexity index is 443. The molecule has 1 aromatic carbocycles. The van der Waals surface area contributed by atoms with E-state index >= 15 is 0 Å². The van der Waals surface area contributed by atoms with Crippen LogP contribution in [0.25, 0.3) is 0 Å². The summed E-state index contributed by atoms with van der Waals surface area (Å²) in [6.45, 7) is 4.05. The molecule has 0 bridgehead atoms. The minimum atomic E-state index is -0.270. The van der Waals surface area contributed by atoms with Gasteiger partial charge in [0.15, 0.2) is 0 Å². The Balaban J connectivity index is 2.30. The number of carbonyl (C=O) groups is 2. The second kappa shape index (κ2) is 8.16. The van der Waals surface area contributed by atoms with Crippen molar-refractivity contribution in [2.24, 2.45) is 0 Å². The van der Waals surface area contributed by atoms with Crippen LogP contribution in [0.1, 0.15) is 13.8 Å². The van der Waals surface area contributed by atoms with E-state index in [9.17, 15) is 9.59 Å². The Labute approximate surface area is 118 Å². The SMILES string of the molecule is COc1ccc(NC(=O)CNC(=O)CNC(C)C)cc1. The predicted molar refractivity (Wildman–Crippen MR) is 77.8 cm³/mol. The van der Waals surface area contributed by atoms with Crippen molar-refractivity contribution in [1.29, 1.82) is 0 Å². The second-order valence-corrected chi connectivity index (χ2v) is 4.59. The maximum atomic E-state index is 11.6. The third-order valence-corrected chi connectivity index (χ3v) is 2.49. The lowest BCUT2D eigenvalue weighted by atomic mass is 10.3. The second-order valence-electron chi connectivity index (χ2n) is 4.59. The molecule has 0 radical (unpaired) electrons. The lowest BCUT2D eigenvalue weighted by Crippen LogP contribution is -2.40. The van der Waals surface area contributed by atoms with Crippen molar-refractivity contribution in [2.75, 3.05) is 25.5 Å². The van der Waals surface area contributed by atoms with Crippen LogP contribution in [0.5, 0.6) is 5.75 Å². The largest absolute Gasteiger partial charge is 0.497 e. The summed E-state index contributed by atoms with van der Waals surface area (Å²) in [5.41, 5.74) is 0.658. The number of hydrogen-bond acceptors (Lipinski definition) is 4. The van der Waals surface area contributed by atoms with Crippen LogP contribution in [0.3, 0.4) is 0 Å². The molecule has 0 heterocycles. The summed E-state index contributed by atoms with van der Waals surface area (Å²) in [5.74, 6) is 0.243. The van der Waals surface area contributed by atoms with E-state index in [2.05, 4.69) is 16.0 Å². The number of amides is 2. The van der Waals surface area contributed by atoms with Gasteiger partial charge in [0.1, 0.15) is 5.75 Å². The topological polar surface area (TPSA) is 79.5 Å². The van der Waals surface area contributed by atoms with Crippen LogP contribution in [0.15, 0.2) is 24.3 Å². The van der Waals surface area contributed by atoms with E-state index in [1.54, 1.807) is 31.4 Å². The van der Waals surface area contributed by atoms with E-state index in [1.807, 2.05) is 13.8 Å². The van der Waals surface area contributed by atoms with Crippen molar-refractivity contribution in [2.45, 2.75) is 19.9 Å². The van der Waals surface area contributed by atoms with E-state index in [4.69, 9.17) is 4.74 Å². The van der Waals surface area contributed by atoms with Crippen molar-refractivity contribution in [3.8, 4) is 5.75 Å². The number of carbonyl (C=O) groups excluding carboxylic acids is 2. The minimum Gasteiger partial charge on any atom is -0.497 e. The number of anilines is 1. The molecule has 1 aromatic rings. The summed E-state index contributed by atoms with van der Waals surface area (Å²) in [6.07, 6.45) is 0. The molecular weight excluding hydrogens is 258 g/mol. The Morgan fingerprint density at radius 1 is 1.10 bits per heavy atom. The maximum absolute atomic E-state index is 11.6. The van der Waals surface area contributed by atoms with Gasteiger partial charge < -0.3 is 20.7 Å². The van der Waals surface area contributed by atoms with Crippen LogP contribution < -0.4 is 20.7 Å². The van der Waals surface area contributed by atoms with Crippen molar-refractivity contribution in [1.82, 2.24) is 10.6 Å². The fourth-order valence-corrected chi connectivity index (χ4v) is 1.42. The molecule has 20 heavy (non-hydrogen) atoms.